The molecule has 6 heteroatoms. The highest BCUT2D eigenvalue weighted by molar-refractivity contribution is 6.30. The minimum absolute atomic E-state index is 0.137. The molecular weight excluding hydrogens is 398 g/mol. The lowest BCUT2D eigenvalue weighted by atomic mass is 10.1. The molecule has 0 unspecified atom stereocenters. The summed E-state index contributed by atoms with van der Waals surface area (Å²) < 4.78 is 6.73. The Morgan fingerprint density at radius 2 is 1.63 bits per heavy atom. The van der Waals surface area contributed by atoms with E-state index in [1.807, 2.05) is 30.3 Å². The summed E-state index contributed by atoms with van der Waals surface area (Å²) in [4.78, 5) is 19.5. The summed E-state index contributed by atoms with van der Waals surface area (Å²) in [7, 11) is 1.66. The largest absolute Gasteiger partial charge is 0.497 e. The molecule has 0 saturated carbocycles. The van der Waals surface area contributed by atoms with E-state index in [2.05, 4.69) is 34.1 Å². The summed E-state index contributed by atoms with van der Waals surface area (Å²) in [6.45, 7) is 2.02. The van der Waals surface area contributed by atoms with Gasteiger partial charge in [0.05, 0.1) is 17.8 Å². The van der Waals surface area contributed by atoms with Crippen molar-refractivity contribution in [3.05, 3.63) is 111 Å². The first-order valence-corrected chi connectivity index (χ1v) is 10.1. The number of pyridine rings is 1. The summed E-state index contributed by atoms with van der Waals surface area (Å²) in [6.07, 6.45) is 1.59. The van der Waals surface area contributed by atoms with Crippen molar-refractivity contribution in [1.82, 2.24) is 14.3 Å². The van der Waals surface area contributed by atoms with Gasteiger partial charge in [-0.25, -0.2) is 4.98 Å². The second kappa shape index (κ2) is 9.11. The Balaban J connectivity index is 1.62. The van der Waals surface area contributed by atoms with Crippen LogP contribution < -0.4 is 10.3 Å². The van der Waals surface area contributed by atoms with Crippen LogP contribution >= 0.6 is 11.6 Å². The third-order valence-corrected chi connectivity index (χ3v) is 5.10. The number of methoxy groups -OCH3 is 1. The average molecular weight is 420 g/mol. The van der Waals surface area contributed by atoms with E-state index in [0.29, 0.717) is 17.2 Å². The number of rotatable bonds is 7. The zero-order valence-corrected chi connectivity index (χ0v) is 17.4. The van der Waals surface area contributed by atoms with Gasteiger partial charge in [-0.2, -0.15) is 0 Å². The van der Waals surface area contributed by atoms with E-state index in [1.165, 1.54) is 9.96 Å². The molecule has 0 aliphatic heterocycles. The smallest absolute Gasteiger partial charge is 0.258 e. The van der Waals surface area contributed by atoms with Gasteiger partial charge in [0.25, 0.3) is 5.56 Å². The van der Waals surface area contributed by atoms with Crippen molar-refractivity contribution in [3.63, 3.8) is 0 Å². The average Bonchev–Trinajstić information content (AvgIpc) is 2.75. The fraction of sp³-hybridized carbons (Fsp3) is 0.167. The molecule has 0 bridgehead atoms. The molecule has 0 atom stereocenters. The molecule has 2 aromatic heterocycles. The zero-order valence-electron chi connectivity index (χ0n) is 16.7. The van der Waals surface area contributed by atoms with Crippen LogP contribution in [-0.2, 0) is 19.6 Å². The fourth-order valence-corrected chi connectivity index (χ4v) is 3.60. The minimum atomic E-state index is -0.137. The van der Waals surface area contributed by atoms with Gasteiger partial charge in [0.1, 0.15) is 11.4 Å². The molecule has 0 amide bonds. The summed E-state index contributed by atoms with van der Waals surface area (Å²) in [6, 6.07) is 23.4. The molecule has 0 N–H and O–H groups in total. The van der Waals surface area contributed by atoms with Crippen molar-refractivity contribution < 1.29 is 4.74 Å². The number of benzene rings is 2. The third kappa shape index (κ3) is 4.87. The number of aromatic nitrogens is 2. The third-order valence-electron chi connectivity index (χ3n) is 4.88. The summed E-state index contributed by atoms with van der Waals surface area (Å²) in [5.41, 5.74) is 3.55. The molecule has 0 radical (unpaired) electrons. The second-order valence-electron chi connectivity index (χ2n) is 7.14. The molecule has 0 saturated heterocycles. The summed E-state index contributed by atoms with van der Waals surface area (Å²) in [5.74, 6) is 0.830. The van der Waals surface area contributed by atoms with Gasteiger partial charge in [0.2, 0.25) is 0 Å². The number of hydrogen-bond acceptors (Lipinski definition) is 4. The van der Waals surface area contributed by atoms with Crippen LogP contribution in [0.1, 0.15) is 16.8 Å². The summed E-state index contributed by atoms with van der Waals surface area (Å²) >= 11 is 6.01. The molecular formula is C24H22ClN3O2. The van der Waals surface area contributed by atoms with Gasteiger partial charge >= 0.3 is 0 Å². The lowest BCUT2D eigenvalue weighted by molar-refractivity contribution is 0.244. The molecule has 4 rings (SSSR count). The molecule has 4 aromatic rings. The van der Waals surface area contributed by atoms with Crippen molar-refractivity contribution >= 4 is 17.2 Å². The molecule has 0 fully saturated rings. The van der Waals surface area contributed by atoms with Gasteiger partial charge in [-0.1, -0.05) is 54.1 Å². The maximum Gasteiger partial charge on any atom is 0.258 e. The quantitative estimate of drug-likeness (QED) is 0.440. The highest BCUT2D eigenvalue weighted by Gasteiger charge is 2.12. The zero-order chi connectivity index (χ0) is 20.9. The second-order valence-corrected chi connectivity index (χ2v) is 7.58. The Bertz CT molecular complexity index is 1190. The summed E-state index contributed by atoms with van der Waals surface area (Å²) in [5, 5.41) is 0.504. The van der Waals surface area contributed by atoms with E-state index in [9.17, 15) is 4.79 Å². The van der Waals surface area contributed by atoms with Gasteiger partial charge in [-0.15, -0.1) is 0 Å². The van der Waals surface area contributed by atoms with Gasteiger partial charge in [0.15, 0.2) is 0 Å². The van der Waals surface area contributed by atoms with Gasteiger partial charge in [-0.3, -0.25) is 14.1 Å². The lowest BCUT2D eigenvalue weighted by Gasteiger charge is -2.22. The number of hydrogen-bond donors (Lipinski definition) is 0. The van der Waals surface area contributed by atoms with Crippen LogP contribution in [0.25, 0.3) is 5.65 Å². The first-order chi connectivity index (χ1) is 14.6. The number of fused-ring (bicyclic) bond motifs is 1. The van der Waals surface area contributed by atoms with Gasteiger partial charge in [0, 0.05) is 31.9 Å². The molecule has 0 aliphatic carbocycles. The van der Waals surface area contributed by atoms with E-state index in [4.69, 9.17) is 16.3 Å². The molecule has 152 valence electrons. The van der Waals surface area contributed by atoms with Gasteiger partial charge < -0.3 is 4.74 Å². The van der Waals surface area contributed by atoms with Crippen LogP contribution in [0.15, 0.2) is 83.8 Å². The lowest BCUT2D eigenvalue weighted by Crippen LogP contribution is -2.25. The van der Waals surface area contributed by atoms with E-state index in [-0.39, 0.29) is 5.56 Å². The van der Waals surface area contributed by atoms with Crippen molar-refractivity contribution in [2.75, 3.05) is 7.11 Å². The topological polar surface area (TPSA) is 46.8 Å². The van der Waals surface area contributed by atoms with E-state index < -0.39 is 0 Å². The van der Waals surface area contributed by atoms with Crippen LogP contribution in [0.4, 0.5) is 0 Å². The standard InChI is InChI=1S/C24H22ClN3O2/c1-30-22-10-7-19(8-11-22)15-27(14-18-5-3-2-4-6-18)17-21-13-24(29)28-16-20(25)9-12-23(28)26-21/h2-13,16H,14-15,17H2,1H3. The predicted octanol–water partition coefficient (Wildman–Crippen LogP) is 4.56. The molecule has 0 aliphatic rings. The maximum atomic E-state index is 12.6. The Labute approximate surface area is 180 Å². The molecule has 0 spiro atoms. The highest BCUT2D eigenvalue weighted by atomic mass is 35.5. The van der Waals surface area contributed by atoms with Gasteiger partial charge in [-0.05, 0) is 35.4 Å². The molecule has 2 heterocycles. The highest BCUT2D eigenvalue weighted by Crippen LogP contribution is 2.17. The van der Waals surface area contributed by atoms with Crippen LogP contribution in [0.5, 0.6) is 5.75 Å². The Kier molecular flexibility index (Phi) is 6.12. The normalized spacial score (nSPS) is 11.2. The van der Waals surface area contributed by atoms with Crippen molar-refractivity contribution in [2.24, 2.45) is 0 Å². The first-order valence-electron chi connectivity index (χ1n) is 9.68. The number of ether oxygens (including phenoxy) is 1. The van der Waals surface area contributed by atoms with Crippen LogP contribution in [0.2, 0.25) is 5.02 Å². The minimum Gasteiger partial charge on any atom is -0.497 e. The van der Waals surface area contributed by atoms with E-state index in [0.717, 1.165) is 30.1 Å². The first kappa shape index (κ1) is 20.1. The molecule has 30 heavy (non-hydrogen) atoms. The van der Waals surface area contributed by atoms with Crippen molar-refractivity contribution in [2.45, 2.75) is 19.6 Å². The predicted molar refractivity (Wildman–Crippen MR) is 119 cm³/mol. The van der Waals surface area contributed by atoms with Crippen LogP contribution in [0, 0.1) is 0 Å². The molecule has 5 nitrogen and oxygen atoms in total. The van der Waals surface area contributed by atoms with Crippen molar-refractivity contribution in [1.29, 1.82) is 0 Å². The maximum absolute atomic E-state index is 12.6. The Morgan fingerprint density at radius 3 is 2.33 bits per heavy atom. The van der Waals surface area contributed by atoms with E-state index >= 15 is 0 Å². The monoisotopic (exact) mass is 419 g/mol. The van der Waals surface area contributed by atoms with Crippen LogP contribution in [0.3, 0.4) is 0 Å². The number of nitrogens with zero attached hydrogens (tertiary/aromatic N) is 3. The van der Waals surface area contributed by atoms with E-state index in [1.54, 1.807) is 31.5 Å². The molecule has 2 aromatic carbocycles. The Morgan fingerprint density at radius 1 is 0.933 bits per heavy atom. The fourth-order valence-electron chi connectivity index (χ4n) is 3.43. The Hall–Kier alpha value is -3.15. The van der Waals surface area contributed by atoms with Crippen molar-refractivity contribution in [3.8, 4) is 5.75 Å². The SMILES string of the molecule is COc1ccc(CN(Cc2ccccc2)Cc2cc(=O)n3cc(Cl)ccc3n2)cc1. The number of halogens is 1. The van der Waals surface area contributed by atoms with Crippen LogP contribution in [-0.4, -0.2) is 21.4 Å².